The van der Waals surface area contributed by atoms with Gasteiger partial charge in [0.05, 0.1) is 11.4 Å². The maximum absolute atomic E-state index is 12.0. The molecular formula is C11H16N2O2S. The van der Waals surface area contributed by atoms with Crippen LogP contribution in [0.5, 0.6) is 0 Å². The number of thiophene rings is 1. The fourth-order valence-electron chi connectivity index (χ4n) is 1.33. The van der Waals surface area contributed by atoms with Gasteiger partial charge in [-0.1, -0.05) is 13.0 Å². The Hall–Kier alpha value is -1.36. The molecule has 0 fully saturated rings. The number of likely N-dealkylation sites (N-methyl/N-ethyl adjacent to an activating group) is 1. The summed E-state index contributed by atoms with van der Waals surface area (Å²) < 4.78 is 0. The van der Waals surface area contributed by atoms with Crippen LogP contribution in [0, 0.1) is 0 Å². The minimum Gasteiger partial charge on any atom is -0.358 e. The standard InChI is InChI=1S/C11H16N2O2S/c1-3-6-13(8-10(14)12-2)11(15)9-5-4-7-16-9/h4-5,7H,3,6,8H2,1-2H3,(H,12,14). The van der Waals surface area contributed by atoms with Gasteiger partial charge in [-0.15, -0.1) is 11.3 Å². The Morgan fingerprint density at radius 3 is 2.75 bits per heavy atom. The van der Waals surface area contributed by atoms with Crippen molar-refractivity contribution < 1.29 is 9.59 Å². The molecule has 1 N–H and O–H groups in total. The van der Waals surface area contributed by atoms with Crippen LogP contribution >= 0.6 is 11.3 Å². The third kappa shape index (κ3) is 3.34. The summed E-state index contributed by atoms with van der Waals surface area (Å²) >= 11 is 1.40. The van der Waals surface area contributed by atoms with Gasteiger partial charge in [0.25, 0.3) is 5.91 Å². The third-order valence-corrected chi connectivity index (χ3v) is 2.98. The van der Waals surface area contributed by atoms with Crippen LogP contribution in [0.15, 0.2) is 17.5 Å². The minimum absolute atomic E-state index is 0.0690. The van der Waals surface area contributed by atoms with Gasteiger partial charge in [0, 0.05) is 13.6 Å². The first-order valence-electron chi connectivity index (χ1n) is 5.22. The number of nitrogens with zero attached hydrogens (tertiary/aromatic N) is 1. The molecule has 1 aromatic rings. The van der Waals surface area contributed by atoms with E-state index in [1.54, 1.807) is 18.0 Å². The zero-order chi connectivity index (χ0) is 12.0. The first-order valence-corrected chi connectivity index (χ1v) is 6.10. The SMILES string of the molecule is CCCN(CC(=O)NC)C(=O)c1cccs1. The number of hydrogen-bond acceptors (Lipinski definition) is 3. The van der Waals surface area contributed by atoms with E-state index in [-0.39, 0.29) is 18.4 Å². The number of nitrogens with one attached hydrogen (secondary N) is 1. The molecule has 0 aliphatic heterocycles. The normalized spacial score (nSPS) is 9.88. The highest BCUT2D eigenvalue weighted by Crippen LogP contribution is 2.12. The molecule has 1 aromatic heterocycles. The van der Waals surface area contributed by atoms with Crippen LogP contribution in [0.3, 0.4) is 0 Å². The van der Waals surface area contributed by atoms with Gasteiger partial charge in [-0.2, -0.15) is 0 Å². The van der Waals surface area contributed by atoms with Crippen LogP contribution < -0.4 is 5.32 Å². The molecule has 0 aliphatic carbocycles. The largest absolute Gasteiger partial charge is 0.358 e. The highest BCUT2D eigenvalue weighted by Gasteiger charge is 2.17. The molecule has 1 heterocycles. The van der Waals surface area contributed by atoms with E-state index in [0.29, 0.717) is 11.4 Å². The van der Waals surface area contributed by atoms with Crippen LogP contribution in [0.1, 0.15) is 23.0 Å². The summed E-state index contributed by atoms with van der Waals surface area (Å²) in [6, 6.07) is 3.61. The summed E-state index contributed by atoms with van der Waals surface area (Å²) in [4.78, 5) is 25.5. The van der Waals surface area contributed by atoms with Crippen molar-refractivity contribution in [1.29, 1.82) is 0 Å². The summed E-state index contributed by atoms with van der Waals surface area (Å²) in [5.74, 6) is -0.209. The average molecular weight is 240 g/mol. The van der Waals surface area contributed by atoms with Crippen molar-refractivity contribution in [3.63, 3.8) is 0 Å². The topological polar surface area (TPSA) is 49.4 Å². The molecule has 0 aromatic carbocycles. The number of carbonyl (C=O) groups excluding carboxylic acids is 2. The predicted octanol–water partition coefficient (Wildman–Crippen LogP) is 1.35. The molecule has 0 radical (unpaired) electrons. The van der Waals surface area contributed by atoms with E-state index < -0.39 is 0 Å². The maximum atomic E-state index is 12.0. The van der Waals surface area contributed by atoms with E-state index in [2.05, 4.69) is 5.32 Å². The molecule has 4 nitrogen and oxygen atoms in total. The molecule has 0 saturated carbocycles. The number of amides is 2. The lowest BCUT2D eigenvalue weighted by Crippen LogP contribution is -2.39. The predicted molar refractivity (Wildman–Crippen MR) is 64.6 cm³/mol. The Morgan fingerprint density at radius 1 is 1.50 bits per heavy atom. The van der Waals surface area contributed by atoms with Gasteiger partial charge < -0.3 is 10.2 Å². The van der Waals surface area contributed by atoms with E-state index in [0.717, 1.165) is 6.42 Å². The molecule has 0 unspecified atom stereocenters. The summed E-state index contributed by atoms with van der Waals surface area (Å²) in [5, 5.41) is 4.38. The lowest BCUT2D eigenvalue weighted by atomic mass is 10.3. The summed E-state index contributed by atoms with van der Waals surface area (Å²) in [6.45, 7) is 2.71. The van der Waals surface area contributed by atoms with Crippen LogP contribution in [0.2, 0.25) is 0 Å². The smallest absolute Gasteiger partial charge is 0.264 e. The second-order valence-corrected chi connectivity index (χ2v) is 4.32. The molecule has 1 rings (SSSR count). The van der Waals surface area contributed by atoms with Crippen LogP contribution in [-0.4, -0.2) is 36.9 Å². The van der Waals surface area contributed by atoms with E-state index in [1.165, 1.54) is 11.3 Å². The second-order valence-electron chi connectivity index (χ2n) is 3.38. The van der Waals surface area contributed by atoms with E-state index in [1.807, 2.05) is 18.4 Å². The van der Waals surface area contributed by atoms with Gasteiger partial charge in [0.1, 0.15) is 0 Å². The van der Waals surface area contributed by atoms with Crippen LogP contribution in [-0.2, 0) is 4.79 Å². The molecule has 0 saturated heterocycles. The fourth-order valence-corrected chi connectivity index (χ4v) is 2.02. The van der Waals surface area contributed by atoms with E-state index in [4.69, 9.17) is 0 Å². The number of rotatable bonds is 5. The zero-order valence-corrected chi connectivity index (χ0v) is 10.3. The molecule has 0 atom stereocenters. The average Bonchev–Trinajstić information content (AvgIpc) is 2.80. The van der Waals surface area contributed by atoms with Gasteiger partial charge in [-0.3, -0.25) is 9.59 Å². The van der Waals surface area contributed by atoms with Crippen molar-refractivity contribution >= 4 is 23.2 Å². The monoisotopic (exact) mass is 240 g/mol. The number of carbonyl (C=O) groups is 2. The van der Waals surface area contributed by atoms with Crippen molar-refractivity contribution in [1.82, 2.24) is 10.2 Å². The fraction of sp³-hybridized carbons (Fsp3) is 0.455. The van der Waals surface area contributed by atoms with Gasteiger partial charge in [0.15, 0.2) is 0 Å². The van der Waals surface area contributed by atoms with Gasteiger partial charge in [0.2, 0.25) is 5.91 Å². The van der Waals surface area contributed by atoms with Crippen molar-refractivity contribution in [2.24, 2.45) is 0 Å². The second kappa shape index (κ2) is 6.27. The first kappa shape index (κ1) is 12.7. The number of hydrogen-bond donors (Lipinski definition) is 1. The molecule has 0 aliphatic rings. The quantitative estimate of drug-likeness (QED) is 0.844. The molecule has 5 heteroatoms. The zero-order valence-electron chi connectivity index (χ0n) is 9.53. The van der Waals surface area contributed by atoms with Gasteiger partial charge in [-0.25, -0.2) is 0 Å². The maximum Gasteiger partial charge on any atom is 0.264 e. The molecular weight excluding hydrogens is 224 g/mol. The first-order chi connectivity index (χ1) is 7.69. The third-order valence-electron chi connectivity index (χ3n) is 2.13. The Bertz CT molecular complexity index is 349. The Balaban J connectivity index is 2.69. The minimum atomic E-state index is -0.140. The van der Waals surface area contributed by atoms with Crippen molar-refractivity contribution in [2.45, 2.75) is 13.3 Å². The highest BCUT2D eigenvalue weighted by atomic mass is 32.1. The van der Waals surface area contributed by atoms with Crippen LogP contribution in [0.25, 0.3) is 0 Å². The molecule has 16 heavy (non-hydrogen) atoms. The highest BCUT2D eigenvalue weighted by molar-refractivity contribution is 7.12. The summed E-state index contributed by atoms with van der Waals surface area (Å²) in [6.07, 6.45) is 0.841. The molecule has 0 bridgehead atoms. The molecule has 0 spiro atoms. The van der Waals surface area contributed by atoms with Crippen molar-refractivity contribution in [3.8, 4) is 0 Å². The Kier molecular flexibility index (Phi) is 4.98. The molecule has 88 valence electrons. The van der Waals surface area contributed by atoms with Gasteiger partial charge in [-0.05, 0) is 17.9 Å². The van der Waals surface area contributed by atoms with Crippen molar-refractivity contribution in [3.05, 3.63) is 22.4 Å². The van der Waals surface area contributed by atoms with E-state index in [9.17, 15) is 9.59 Å². The lowest BCUT2D eigenvalue weighted by Gasteiger charge is -2.20. The van der Waals surface area contributed by atoms with Crippen LogP contribution in [0.4, 0.5) is 0 Å². The lowest BCUT2D eigenvalue weighted by molar-refractivity contribution is -0.121. The summed E-state index contributed by atoms with van der Waals surface area (Å²) in [7, 11) is 1.57. The van der Waals surface area contributed by atoms with Crippen molar-refractivity contribution in [2.75, 3.05) is 20.1 Å². The van der Waals surface area contributed by atoms with Gasteiger partial charge >= 0.3 is 0 Å². The summed E-state index contributed by atoms with van der Waals surface area (Å²) in [5.41, 5.74) is 0. The Morgan fingerprint density at radius 2 is 2.25 bits per heavy atom. The Labute approximate surface area is 99.3 Å². The van der Waals surface area contributed by atoms with E-state index >= 15 is 0 Å². The molecule has 2 amide bonds.